The second kappa shape index (κ2) is 50.1. The predicted octanol–water partition coefficient (Wildman–Crippen LogP) is 23.5. The van der Waals surface area contributed by atoms with Gasteiger partial charge in [-0.1, -0.05) is 288 Å². The molecule has 1 saturated carbocycles. The number of amides is 4. The van der Waals surface area contributed by atoms with Crippen LogP contribution in [0.15, 0.2) is 158 Å². The highest BCUT2D eigenvalue weighted by Gasteiger charge is 2.47. The number of rotatable bonds is 13. The third-order valence-corrected chi connectivity index (χ3v) is 23.3. The molecule has 0 bridgehead atoms. The number of thioether (sulfide) groups is 1. The summed E-state index contributed by atoms with van der Waals surface area (Å²) in [7, 11) is 3.92. The van der Waals surface area contributed by atoms with E-state index in [0.717, 1.165) is 58.8 Å². The van der Waals surface area contributed by atoms with Gasteiger partial charge in [0, 0.05) is 93.3 Å². The maximum atomic E-state index is 13.0. The Kier molecular flexibility index (Phi) is 48.2. The van der Waals surface area contributed by atoms with Gasteiger partial charge in [0.1, 0.15) is 10.8 Å². The molecule has 8 rings (SSSR count). The number of benzene rings is 3. The molecule has 4 amide bonds. The Morgan fingerprint density at radius 1 is 0.703 bits per heavy atom. The summed E-state index contributed by atoms with van der Waals surface area (Å²) in [5, 5.41) is 10.9. The minimum absolute atomic E-state index is 0.0474. The number of ether oxygens (including phenoxy) is 1. The van der Waals surface area contributed by atoms with E-state index in [4.69, 9.17) is 11.2 Å². The molecule has 4 aromatic rings. The Morgan fingerprint density at radius 3 is 1.53 bits per heavy atom. The average Bonchev–Trinajstić information content (AvgIpc) is 1.72. The van der Waals surface area contributed by atoms with Gasteiger partial charge in [0.15, 0.2) is 5.78 Å². The number of nitrogens with zero attached hydrogens (tertiary/aromatic N) is 2. The Bertz CT molecular complexity index is 3480. The smallest absolute Gasteiger partial charge is 0.338 e. The van der Waals surface area contributed by atoms with Crippen LogP contribution >= 0.6 is 41.3 Å². The molecular formula is C95H149N4O8PS3. The van der Waals surface area contributed by atoms with E-state index in [1.807, 2.05) is 185 Å². The molecule has 3 unspecified atom stereocenters. The van der Waals surface area contributed by atoms with Crippen LogP contribution in [0.3, 0.4) is 0 Å². The number of fused-ring (bicyclic) bond motifs is 1. The molecule has 16 heteroatoms. The highest BCUT2D eigenvalue weighted by atomic mass is 33.1. The molecule has 620 valence electrons. The minimum atomic E-state index is -1.03. The standard InChI is InChI=1S/C25H25O3P.C16H24N2O3.C10H17NOS.C9H13NS2.C8H16O.C8H14.C6H12.C6H10.C5H12.C2H6/c1-25(2,3)23(26)18-15-16-21(24(27)28-4)22(17-18)29(19-11-7-5-8-12-19)20-13-9-6-10-14-20;1-16(2,3)17-15(21)12-6-4-11(5-7-12)10-18-13(19)8-9-14(18)20;1-10(2,3)9-8-6(5-13-9)4-7(12)11-8;1-9(2,3)12-11-8-6-4-5-7-10-8;1-5-7(9)6-8(2,3)4;1-5-6-7-8(2,3)4;2*1-5-6(2,3)4;1-5(2,3)4;1-2/h5-17H,1-4H3;8-9,11-12H,4-7,10H2,1-3H3,(H,17,21);6,8-9H,4-5H2,1-3H3,(H,11,12);4-7H,1-3H3;5-6H2,1-4H3;5-7H,1H2,2-4H3;5H,1H2,2-4H3;1H,2-4H3;1-4H3;1-2H3/b;;;;;7-6-;;;;. The number of pyridine rings is 1. The third kappa shape index (κ3) is 50.5. The number of hydrogen-bond donors (Lipinski definition) is 2. The van der Waals surface area contributed by atoms with Crippen LogP contribution in [0, 0.1) is 68.0 Å². The monoisotopic (exact) mass is 1600 g/mol. The van der Waals surface area contributed by atoms with E-state index >= 15 is 0 Å². The normalized spacial score (nSPS) is 17.4. The lowest BCUT2D eigenvalue weighted by molar-refractivity contribution is -0.138. The van der Waals surface area contributed by atoms with Gasteiger partial charge in [0.05, 0.1) is 12.7 Å². The van der Waals surface area contributed by atoms with E-state index in [0.29, 0.717) is 85.8 Å². The minimum Gasteiger partial charge on any atom is -0.465 e. The maximum Gasteiger partial charge on any atom is 0.338 e. The molecule has 3 aromatic carbocycles. The predicted molar refractivity (Wildman–Crippen MR) is 485 cm³/mol. The largest absolute Gasteiger partial charge is 0.465 e. The fourth-order valence-corrected chi connectivity index (χ4v) is 16.2. The molecule has 111 heavy (non-hydrogen) atoms. The average molecular weight is 1600 g/mol. The van der Waals surface area contributed by atoms with Crippen molar-refractivity contribution in [3.05, 3.63) is 164 Å². The molecule has 3 atom stereocenters. The Hall–Kier alpha value is -6.30. The summed E-state index contributed by atoms with van der Waals surface area (Å²) in [4.78, 5) is 88.3. The van der Waals surface area contributed by atoms with Gasteiger partial charge < -0.3 is 15.4 Å². The van der Waals surface area contributed by atoms with Crippen molar-refractivity contribution in [2.24, 2.45) is 55.7 Å². The Labute approximate surface area is 690 Å². The van der Waals surface area contributed by atoms with Crippen LogP contribution in [0.25, 0.3) is 0 Å². The van der Waals surface area contributed by atoms with Crippen LogP contribution in [0.5, 0.6) is 0 Å². The van der Waals surface area contributed by atoms with E-state index in [1.165, 1.54) is 24.2 Å². The summed E-state index contributed by atoms with van der Waals surface area (Å²) in [6.45, 7) is 72.5. The second-order valence-electron chi connectivity index (χ2n) is 38.1. The number of terminal acetylenes is 1. The molecule has 2 N–H and O–H groups in total. The molecule has 3 fully saturated rings. The first-order valence-electron chi connectivity index (χ1n) is 39.4. The summed E-state index contributed by atoms with van der Waals surface area (Å²) in [5.74, 6) is 4.70. The number of ketones is 2. The number of hydrogen-bond acceptors (Lipinski definition) is 12. The topological polar surface area (TPSA) is 169 Å². The SMILES string of the molecule is C#CC(C)(C)C.C=C/C=C\C(C)(C)C.C=CC(C)(C)C.CC.CC(C)(C)C.CC(C)(C)C1SCC2CC(=O)NC21.CC(C)(C)NC(=O)C1CCC(CN2C(=O)C=CC2=O)CC1.CC(C)(C)SSc1ccccn1.CCC(=O)CC(C)(C)C.COC(=O)c1ccc(C(=O)C(C)(C)C)cc1P(c1ccccc1)c1ccccc1. The van der Waals surface area contributed by atoms with Gasteiger partial charge >= 0.3 is 5.97 Å². The summed E-state index contributed by atoms with van der Waals surface area (Å²) in [6.07, 6.45) is 22.9. The number of methoxy groups -OCH3 is 1. The van der Waals surface area contributed by atoms with Crippen molar-refractivity contribution >= 4 is 98.3 Å². The third-order valence-electron chi connectivity index (χ3n) is 15.5. The number of Topliss-reactive ketones (excluding diaryl/α,β-unsaturated/α-hetero) is 2. The number of nitrogens with one attached hydrogen (secondary N) is 2. The zero-order chi connectivity index (χ0) is 86.3. The molecule has 2 saturated heterocycles. The zero-order valence-electron chi connectivity index (χ0n) is 74.9. The first kappa shape index (κ1) is 107. The number of esters is 1. The molecule has 1 aliphatic carbocycles. The van der Waals surface area contributed by atoms with Gasteiger partial charge in [-0.05, 0) is 165 Å². The summed E-state index contributed by atoms with van der Waals surface area (Å²) in [6, 6.07) is 32.0. The van der Waals surface area contributed by atoms with Gasteiger partial charge in [-0.3, -0.25) is 33.7 Å². The number of carbonyl (C=O) groups is 7. The van der Waals surface area contributed by atoms with Crippen molar-refractivity contribution < 1.29 is 38.3 Å². The first-order valence-corrected chi connectivity index (χ1v) is 44.0. The fraction of sp³-hybridized carbons (Fsp3) is 0.579. The van der Waals surface area contributed by atoms with Crippen molar-refractivity contribution in [3.8, 4) is 12.3 Å². The molecule has 4 aliphatic rings. The lowest BCUT2D eigenvalue weighted by atomic mass is 9.81. The van der Waals surface area contributed by atoms with Crippen LogP contribution in [0.2, 0.25) is 0 Å². The quantitative estimate of drug-likeness (QED) is 0.0190. The van der Waals surface area contributed by atoms with Gasteiger partial charge in [0.25, 0.3) is 11.8 Å². The number of allylic oxidation sites excluding steroid dienone is 4. The van der Waals surface area contributed by atoms with E-state index in [2.05, 4.69) is 197 Å². The zero-order valence-corrected chi connectivity index (χ0v) is 78.2. The van der Waals surface area contributed by atoms with Crippen molar-refractivity contribution in [2.45, 2.75) is 286 Å². The van der Waals surface area contributed by atoms with Gasteiger partial charge in [-0.2, -0.15) is 11.8 Å². The molecular weight excluding hydrogens is 1450 g/mol. The van der Waals surface area contributed by atoms with E-state index in [-0.39, 0.29) is 51.7 Å². The second-order valence-corrected chi connectivity index (χ2v) is 44.4. The van der Waals surface area contributed by atoms with E-state index in [1.54, 1.807) is 29.0 Å². The van der Waals surface area contributed by atoms with Gasteiger partial charge in [-0.25, -0.2) is 9.78 Å². The molecule has 3 aliphatic heterocycles. The van der Waals surface area contributed by atoms with Crippen LogP contribution in [-0.2, 0) is 28.7 Å². The summed E-state index contributed by atoms with van der Waals surface area (Å²) < 4.78 is 5.35. The maximum absolute atomic E-state index is 13.0. The van der Waals surface area contributed by atoms with Crippen LogP contribution in [0.4, 0.5) is 0 Å². The molecule has 0 radical (unpaired) electrons. The van der Waals surface area contributed by atoms with Crippen molar-refractivity contribution in [2.75, 3.05) is 19.4 Å². The highest BCUT2D eigenvalue weighted by Crippen LogP contribution is 2.45. The summed E-state index contributed by atoms with van der Waals surface area (Å²) in [5.41, 5.74) is 2.06. The molecule has 0 spiro atoms. The van der Waals surface area contributed by atoms with Crippen LogP contribution in [0.1, 0.15) is 280 Å². The molecule has 1 aromatic heterocycles. The van der Waals surface area contributed by atoms with Gasteiger partial charge in [-0.15, -0.1) is 18.9 Å². The summed E-state index contributed by atoms with van der Waals surface area (Å²) >= 11 is 2.03. The molecule has 4 heterocycles. The Balaban J connectivity index is 0. The van der Waals surface area contributed by atoms with E-state index in [9.17, 15) is 33.6 Å². The fourth-order valence-electron chi connectivity index (χ4n) is 10.1. The lowest BCUT2D eigenvalue weighted by Crippen LogP contribution is -2.45. The number of aromatic nitrogens is 1. The van der Waals surface area contributed by atoms with Crippen LogP contribution < -0.4 is 26.5 Å². The lowest BCUT2D eigenvalue weighted by Gasteiger charge is -2.31. The van der Waals surface area contributed by atoms with Gasteiger partial charge in [0.2, 0.25) is 11.8 Å². The molecule has 12 nitrogen and oxygen atoms in total. The number of carbonyl (C=O) groups excluding carboxylic acids is 7. The van der Waals surface area contributed by atoms with Crippen molar-refractivity contribution in [1.82, 2.24) is 20.5 Å². The van der Waals surface area contributed by atoms with E-state index < -0.39 is 19.3 Å². The van der Waals surface area contributed by atoms with Crippen molar-refractivity contribution in [3.63, 3.8) is 0 Å². The highest BCUT2D eigenvalue weighted by molar-refractivity contribution is 8.77. The Morgan fingerprint density at radius 2 is 1.18 bits per heavy atom. The van der Waals surface area contributed by atoms with Crippen molar-refractivity contribution in [1.29, 1.82) is 0 Å². The van der Waals surface area contributed by atoms with Crippen LogP contribution in [-0.4, -0.2) is 92.0 Å². The number of imide groups is 1. The first-order chi connectivity index (χ1) is 50.8.